The summed E-state index contributed by atoms with van der Waals surface area (Å²) >= 11 is 1.74. The smallest absolute Gasteiger partial charge is 0.220 e. The number of nitrogens with one attached hydrogen (secondary N) is 1. The van der Waals surface area contributed by atoms with E-state index in [1.54, 1.807) is 11.3 Å². The molecule has 1 aromatic heterocycles. The number of aryl methyl sites for hydroxylation is 1. The third-order valence-electron chi connectivity index (χ3n) is 3.33. The molecule has 0 aliphatic carbocycles. The lowest BCUT2D eigenvalue weighted by molar-refractivity contribution is -0.121. The Morgan fingerprint density at radius 1 is 1.63 bits per heavy atom. The largest absolute Gasteiger partial charge is 0.378 e. The lowest BCUT2D eigenvalue weighted by Crippen LogP contribution is -2.26. The molecule has 1 aromatic rings. The minimum absolute atomic E-state index is 0.128. The molecule has 1 aliphatic heterocycles. The average molecular weight is 282 g/mol. The van der Waals surface area contributed by atoms with Gasteiger partial charge in [0, 0.05) is 37.1 Å². The zero-order valence-electron chi connectivity index (χ0n) is 11.5. The second kappa shape index (κ2) is 7.60. The molecule has 0 unspecified atom stereocenters. The van der Waals surface area contributed by atoms with Crippen LogP contribution in [0.5, 0.6) is 0 Å². The summed E-state index contributed by atoms with van der Waals surface area (Å²) in [5, 5.41) is 4.06. The highest BCUT2D eigenvalue weighted by Gasteiger charge is 2.16. The molecular weight excluding hydrogens is 260 g/mol. The van der Waals surface area contributed by atoms with E-state index in [0.29, 0.717) is 19.1 Å². The fourth-order valence-electron chi connectivity index (χ4n) is 2.19. The third kappa shape index (κ3) is 4.91. The summed E-state index contributed by atoms with van der Waals surface area (Å²) in [5.41, 5.74) is 0. The van der Waals surface area contributed by atoms with Crippen molar-refractivity contribution >= 4 is 17.2 Å². The normalized spacial score (nSPS) is 18.7. The van der Waals surface area contributed by atoms with Gasteiger partial charge < -0.3 is 10.1 Å². The van der Waals surface area contributed by atoms with E-state index in [1.165, 1.54) is 4.88 Å². The number of carbonyl (C=O) groups is 1. The molecule has 0 radical (unpaired) electrons. The van der Waals surface area contributed by atoms with Crippen molar-refractivity contribution in [3.63, 3.8) is 0 Å². The van der Waals surface area contributed by atoms with Gasteiger partial charge in [-0.25, -0.2) is 4.98 Å². The van der Waals surface area contributed by atoms with Gasteiger partial charge >= 0.3 is 0 Å². The monoisotopic (exact) mass is 282 g/mol. The molecule has 0 aromatic carbocycles. The van der Waals surface area contributed by atoms with Crippen molar-refractivity contribution in [1.82, 2.24) is 10.3 Å². The summed E-state index contributed by atoms with van der Waals surface area (Å²) in [6.45, 7) is 3.67. The van der Waals surface area contributed by atoms with Crippen molar-refractivity contribution in [2.45, 2.75) is 51.6 Å². The molecule has 1 fully saturated rings. The average Bonchev–Trinajstić information content (AvgIpc) is 3.07. The van der Waals surface area contributed by atoms with E-state index in [2.05, 4.69) is 17.2 Å². The second-order valence-electron chi connectivity index (χ2n) is 4.85. The van der Waals surface area contributed by atoms with Crippen molar-refractivity contribution in [3.8, 4) is 0 Å². The van der Waals surface area contributed by atoms with Crippen molar-refractivity contribution in [1.29, 1.82) is 0 Å². The Labute approximate surface area is 118 Å². The first-order valence-corrected chi connectivity index (χ1v) is 7.91. The van der Waals surface area contributed by atoms with E-state index in [4.69, 9.17) is 4.74 Å². The van der Waals surface area contributed by atoms with Gasteiger partial charge in [-0.05, 0) is 25.7 Å². The molecule has 1 N–H and O–H groups in total. The summed E-state index contributed by atoms with van der Waals surface area (Å²) in [6, 6.07) is 0. The van der Waals surface area contributed by atoms with Gasteiger partial charge in [0.2, 0.25) is 5.91 Å². The number of hydrogen-bond acceptors (Lipinski definition) is 4. The van der Waals surface area contributed by atoms with Crippen molar-refractivity contribution in [2.75, 3.05) is 13.2 Å². The van der Waals surface area contributed by atoms with Crippen LogP contribution in [0.2, 0.25) is 0 Å². The van der Waals surface area contributed by atoms with Crippen LogP contribution in [0.1, 0.15) is 42.5 Å². The van der Waals surface area contributed by atoms with Gasteiger partial charge in [-0.1, -0.05) is 6.92 Å². The van der Waals surface area contributed by atoms with Gasteiger partial charge in [-0.2, -0.15) is 0 Å². The number of nitrogens with zero attached hydrogens (tertiary/aromatic N) is 1. The maximum atomic E-state index is 11.7. The van der Waals surface area contributed by atoms with Crippen LogP contribution < -0.4 is 5.32 Å². The molecule has 1 amide bonds. The number of hydrogen-bond donors (Lipinski definition) is 1. The van der Waals surface area contributed by atoms with Gasteiger partial charge in [-0.15, -0.1) is 11.3 Å². The minimum atomic E-state index is 0.128. The Morgan fingerprint density at radius 3 is 3.21 bits per heavy atom. The predicted molar refractivity (Wildman–Crippen MR) is 76.4 cm³/mol. The van der Waals surface area contributed by atoms with Crippen LogP contribution in [-0.4, -0.2) is 30.1 Å². The fourth-order valence-corrected chi connectivity index (χ4v) is 3.05. The summed E-state index contributed by atoms with van der Waals surface area (Å²) in [6.07, 6.45) is 7.76. The number of carbonyl (C=O) groups excluding carboxylic acids is 1. The molecule has 1 atom stereocenters. The molecule has 106 valence electrons. The molecule has 4 nitrogen and oxygen atoms in total. The van der Waals surface area contributed by atoms with Gasteiger partial charge in [-0.3, -0.25) is 4.79 Å². The first kappa shape index (κ1) is 14.5. The van der Waals surface area contributed by atoms with Crippen molar-refractivity contribution in [2.24, 2.45) is 0 Å². The minimum Gasteiger partial charge on any atom is -0.378 e. The van der Waals surface area contributed by atoms with Crippen LogP contribution in [0.15, 0.2) is 6.20 Å². The van der Waals surface area contributed by atoms with Crippen molar-refractivity contribution in [3.05, 3.63) is 16.1 Å². The summed E-state index contributed by atoms with van der Waals surface area (Å²) in [5.74, 6) is 0.128. The van der Waals surface area contributed by atoms with Crippen LogP contribution in [0, 0.1) is 0 Å². The Bertz CT molecular complexity index is 400. The SMILES string of the molecule is CCc1cnc(CCNC(=O)CC[C@H]2CCCO2)s1. The highest BCUT2D eigenvalue weighted by atomic mass is 32.1. The molecule has 1 aliphatic rings. The molecule has 0 saturated carbocycles. The van der Waals surface area contributed by atoms with Crippen LogP contribution >= 0.6 is 11.3 Å². The molecule has 2 rings (SSSR count). The standard InChI is InChI=1S/C14H22N2O2S/c1-2-12-10-16-14(19-12)7-8-15-13(17)6-5-11-4-3-9-18-11/h10-11H,2-9H2,1H3,(H,15,17)/t11-/m1/s1. The highest BCUT2D eigenvalue weighted by Crippen LogP contribution is 2.16. The Morgan fingerprint density at radius 2 is 2.53 bits per heavy atom. The quantitative estimate of drug-likeness (QED) is 0.835. The lowest BCUT2D eigenvalue weighted by atomic mass is 10.1. The van der Waals surface area contributed by atoms with E-state index < -0.39 is 0 Å². The van der Waals surface area contributed by atoms with Gasteiger partial charge in [0.05, 0.1) is 11.1 Å². The Balaban J connectivity index is 1.58. The summed E-state index contributed by atoms with van der Waals surface area (Å²) in [4.78, 5) is 17.3. The van der Waals surface area contributed by atoms with E-state index in [1.807, 2.05) is 6.20 Å². The summed E-state index contributed by atoms with van der Waals surface area (Å²) < 4.78 is 5.50. The predicted octanol–water partition coefficient (Wildman–Crippen LogP) is 2.32. The molecule has 1 saturated heterocycles. The van der Waals surface area contributed by atoms with Crippen LogP contribution in [-0.2, 0) is 22.4 Å². The van der Waals surface area contributed by atoms with Gasteiger partial charge in [0.15, 0.2) is 0 Å². The van der Waals surface area contributed by atoms with Crippen LogP contribution in [0.25, 0.3) is 0 Å². The van der Waals surface area contributed by atoms with Crippen molar-refractivity contribution < 1.29 is 9.53 Å². The molecule has 19 heavy (non-hydrogen) atoms. The zero-order valence-corrected chi connectivity index (χ0v) is 12.3. The number of ether oxygens (including phenoxy) is 1. The van der Waals surface area contributed by atoms with E-state index in [-0.39, 0.29) is 5.91 Å². The molecular formula is C14H22N2O2S. The first-order valence-electron chi connectivity index (χ1n) is 7.10. The maximum absolute atomic E-state index is 11.7. The second-order valence-corrected chi connectivity index (χ2v) is 6.05. The Hall–Kier alpha value is -0.940. The molecule has 5 heteroatoms. The fraction of sp³-hybridized carbons (Fsp3) is 0.714. The number of thiazole rings is 1. The van der Waals surface area contributed by atoms with E-state index >= 15 is 0 Å². The number of aromatic nitrogens is 1. The van der Waals surface area contributed by atoms with Crippen LogP contribution in [0.3, 0.4) is 0 Å². The molecule has 0 bridgehead atoms. The van der Waals surface area contributed by atoms with Gasteiger partial charge in [0.25, 0.3) is 0 Å². The zero-order chi connectivity index (χ0) is 13.5. The van der Waals surface area contributed by atoms with Crippen LogP contribution in [0.4, 0.5) is 0 Å². The topological polar surface area (TPSA) is 51.2 Å². The number of amides is 1. The van der Waals surface area contributed by atoms with Gasteiger partial charge in [0.1, 0.15) is 0 Å². The Kier molecular flexibility index (Phi) is 5.79. The van der Waals surface area contributed by atoms with E-state index in [0.717, 1.165) is 43.7 Å². The summed E-state index contributed by atoms with van der Waals surface area (Å²) in [7, 11) is 0. The molecule has 2 heterocycles. The van der Waals surface area contributed by atoms with E-state index in [9.17, 15) is 4.79 Å². The molecule has 0 spiro atoms. The highest BCUT2D eigenvalue weighted by molar-refractivity contribution is 7.11. The maximum Gasteiger partial charge on any atom is 0.220 e. The third-order valence-corrected chi connectivity index (χ3v) is 4.53. The lowest BCUT2D eigenvalue weighted by Gasteiger charge is -2.08. The first-order chi connectivity index (χ1) is 9.28. The number of rotatable bonds is 7.